The molecule has 0 spiro atoms. The Morgan fingerprint density at radius 3 is 2.45 bits per heavy atom. The molecule has 0 aromatic heterocycles. The van der Waals surface area contributed by atoms with Gasteiger partial charge in [-0.15, -0.1) is 0 Å². The van der Waals surface area contributed by atoms with Gasteiger partial charge in [0.05, 0.1) is 24.3 Å². The van der Waals surface area contributed by atoms with Crippen LogP contribution in [0.5, 0.6) is 5.75 Å². The summed E-state index contributed by atoms with van der Waals surface area (Å²) in [6, 6.07) is 17.1. The molecule has 114 valence electrons. The van der Waals surface area contributed by atoms with Gasteiger partial charge in [-0.2, -0.15) is 5.26 Å². The molecule has 3 nitrogen and oxygen atoms in total. The molecular weight excluding hydrogens is 274 g/mol. The van der Waals surface area contributed by atoms with Crippen LogP contribution in [0.25, 0.3) is 0 Å². The first-order valence-electron chi connectivity index (χ1n) is 7.54. The number of aryl methyl sites for hydroxylation is 1. The zero-order valence-electron chi connectivity index (χ0n) is 13.0. The highest BCUT2D eigenvalue weighted by atomic mass is 16.5. The van der Waals surface area contributed by atoms with Crippen LogP contribution in [0.2, 0.25) is 0 Å². The summed E-state index contributed by atoms with van der Waals surface area (Å²) in [5.41, 5.74) is 2.57. The monoisotopic (exact) mass is 295 g/mol. The summed E-state index contributed by atoms with van der Waals surface area (Å²) in [5, 5.41) is 19.2. The third-order valence-electron chi connectivity index (χ3n) is 3.78. The summed E-state index contributed by atoms with van der Waals surface area (Å²) in [5.74, 6) is 0.835. The van der Waals surface area contributed by atoms with E-state index >= 15 is 0 Å². The number of rotatable bonds is 6. The van der Waals surface area contributed by atoms with E-state index in [2.05, 4.69) is 19.1 Å². The topological polar surface area (TPSA) is 53.2 Å². The number of hydrogen-bond donors (Lipinski definition) is 1. The first-order chi connectivity index (χ1) is 10.7. The average molecular weight is 295 g/mol. The molecule has 0 heterocycles. The van der Waals surface area contributed by atoms with Gasteiger partial charge in [0.2, 0.25) is 0 Å². The van der Waals surface area contributed by atoms with Crippen LogP contribution >= 0.6 is 0 Å². The molecule has 0 aliphatic carbocycles. The molecule has 2 atom stereocenters. The molecule has 0 aliphatic heterocycles. The maximum absolute atomic E-state index is 10.4. The van der Waals surface area contributed by atoms with Gasteiger partial charge in [0.25, 0.3) is 0 Å². The Hall–Kier alpha value is -2.31. The van der Waals surface area contributed by atoms with E-state index in [4.69, 9.17) is 10.00 Å². The molecule has 0 saturated carbocycles. The van der Waals surface area contributed by atoms with E-state index in [0.717, 1.165) is 17.7 Å². The van der Waals surface area contributed by atoms with Crippen molar-refractivity contribution in [1.82, 2.24) is 0 Å². The van der Waals surface area contributed by atoms with Gasteiger partial charge in [-0.1, -0.05) is 44.2 Å². The van der Waals surface area contributed by atoms with Crippen molar-refractivity contribution in [3.63, 3.8) is 0 Å². The van der Waals surface area contributed by atoms with Crippen molar-refractivity contribution in [3.05, 3.63) is 65.2 Å². The Balaban J connectivity index is 1.99. The normalized spacial score (nSPS) is 13.2. The van der Waals surface area contributed by atoms with Crippen molar-refractivity contribution < 1.29 is 9.84 Å². The van der Waals surface area contributed by atoms with E-state index in [0.29, 0.717) is 12.2 Å². The van der Waals surface area contributed by atoms with Crippen LogP contribution in [-0.2, 0) is 6.42 Å². The van der Waals surface area contributed by atoms with Crippen molar-refractivity contribution in [2.75, 3.05) is 6.61 Å². The molecule has 22 heavy (non-hydrogen) atoms. The van der Waals surface area contributed by atoms with Crippen molar-refractivity contribution in [1.29, 1.82) is 5.26 Å². The maximum Gasteiger partial charge on any atom is 0.122 e. The number of hydrogen-bond acceptors (Lipinski definition) is 3. The Kier molecular flexibility index (Phi) is 5.57. The quantitative estimate of drug-likeness (QED) is 0.880. The highest BCUT2D eigenvalue weighted by Gasteiger charge is 2.17. The molecule has 2 unspecified atom stereocenters. The standard InChI is InChI=1S/C19H21NO2/c1-3-16-6-4-5-7-18(16)22-13-14(2)19(21)17-10-8-15(12-20)9-11-17/h4-11,14,19,21H,3,13H2,1-2H3. The summed E-state index contributed by atoms with van der Waals surface area (Å²) in [7, 11) is 0. The van der Waals surface area contributed by atoms with E-state index in [1.54, 1.807) is 24.3 Å². The van der Waals surface area contributed by atoms with E-state index < -0.39 is 6.10 Å². The molecular formula is C19H21NO2. The van der Waals surface area contributed by atoms with Crippen LogP contribution in [0.15, 0.2) is 48.5 Å². The van der Waals surface area contributed by atoms with Crippen molar-refractivity contribution >= 4 is 0 Å². The largest absolute Gasteiger partial charge is 0.493 e. The number of nitriles is 1. The summed E-state index contributed by atoms with van der Waals surface area (Å²) in [6.07, 6.45) is 0.310. The van der Waals surface area contributed by atoms with E-state index in [1.165, 1.54) is 5.56 Å². The van der Waals surface area contributed by atoms with E-state index in [-0.39, 0.29) is 5.92 Å². The molecule has 0 aliphatic rings. The van der Waals surface area contributed by atoms with Crippen LogP contribution < -0.4 is 4.74 Å². The van der Waals surface area contributed by atoms with Gasteiger partial charge < -0.3 is 9.84 Å². The van der Waals surface area contributed by atoms with Gasteiger partial charge >= 0.3 is 0 Å². The Labute approximate surface area is 131 Å². The lowest BCUT2D eigenvalue weighted by atomic mass is 9.97. The van der Waals surface area contributed by atoms with Crippen LogP contribution in [0, 0.1) is 17.2 Å². The van der Waals surface area contributed by atoms with Crippen LogP contribution in [-0.4, -0.2) is 11.7 Å². The molecule has 0 radical (unpaired) electrons. The maximum atomic E-state index is 10.4. The fourth-order valence-electron chi connectivity index (χ4n) is 2.33. The molecule has 0 amide bonds. The van der Waals surface area contributed by atoms with Crippen molar-refractivity contribution in [2.45, 2.75) is 26.4 Å². The lowest BCUT2D eigenvalue weighted by Crippen LogP contribution is -2.17. The smallest absolute Gasteiger partial charge is 0.122 e. The third-order valence-corrected chi connectivity index (χ3v) is 3.78. The number of aliphatic hydroxyl groups is 1. The zero-order chi connectivity index (χ0) is 15.9. The molecule has 0 fully saturated rings. The Morgan fingerprint density at radius 1 is 1.14 bits per heavy atom. The van der Waals surface area contributed by atoms with Crippen molar-refractivity contribution in [2.24, 2.45) is 5.92 Å². The zero-order valence-corrected chi connectivity index (χ0v) is 13.0. The number of ether oxygens (including phenoxy) is 1. The van der Waals surface area contributed by atoms with Gasteiger partial charge in [0.15, 0.2) is 0 Å². The van der Waals surface area contributed by atoms with Gasteiger partial charge in [0, 0.05) is 5.92 Å². The Morgan fingerprint density at radius 2 is 1.82 bits per heavy atom. The second kappa shape index (κ2) is 7.63. The lowest BCUT2D eigenvalue weighted by molar-refractivity contribution is 0.0841. The first-order valence-corrected chi connectivity index (χ1v) is 7.54. The Bertz CT molecular complexity index is 643. The second-order valence-electron chi connectivity index (χ2n) is 5.43. The minimum Gasteiger partial charge on any atom is -0.493 e. The minimum absolute atomic E-state index is 0.0437. The van der Waals surface area contributed by atoms with Gasteiger partial charge in [-0.05, 0) is 35.7 Å². The molecule has 0 bridgehead atoms. The fraction of sp³-hybridized carbons (Fsp3) is 0.316. The average Bonchev–Trinajstić information content (AvgIpc) is 2.59. The highest BCUT2D eigenvalue weighted by Crippen LogP contribution is 2.25. The number of para-hydroxylation sites is 1. The molecule has 2 rings (SSSR count). The predicted octanol–water partition coefficient (Wildman–Crippen LogP) is 3.87. The van der Waals surface area contributed by atoms with Gasteiger partial charge in [0.1, 0.15) is 5.75 Å². The minimum atomic E-state index is -0.610. The van der Waals surface area contributed by atoms with Crippen LogP contribution in [0.3, 0.4) is 0 Å². The van der Waals surface area contributed by atoms with E-state index in [9.17, 15) is 5.11 Å². The van der Waals surface area contributed by atoms with Gasteiger partial charge in [-0.3, -0.25) is 0 Å². The highest BCUT2D eigenvalue weighted by molar-refractivity contribution is 5.34. The number of nitrogens with zero attached hydrogens (tertiary/aromatic N) is 1. The number of benzene rings is 2. The van der Waals surface area contributed by atoms with E-state index in [1.807, 2.05) is 25.1 Å². The summed E-state index contributed by atoms with van der Waals surface area (Å²) >= 11 is 0. The molecule has 0 saturated heterocycles. The summed E-state index contributed by atoms with van der Waals surface area (Å²) < 4.78 is 5.86. The van der Waals surface area contributed by atoms with Gasteiger partial charge in [-0.25, -0.2) is 0 Å². The number of aliphatic hydroxyl groups excluding tert-OH is 1. The summed E-state index contributed by atoms with van der Waals surface area (Å²) in [6.45, 7) is 4.49. The summed E-state index contributed by atoms with van der Waals surface area (Å²) in [4.78, 5) is 0. The molecule has 1 N–H and O–H groups in total. The molecule has 2 aromatic carbocycles. The van der Waals surface area contributed by atoms with Crippen LogP contribution in [0.1, 0.15) is 36.6 Å². The second-order valence-corrected chi connectivity index (χ2v) is 5.43. The lowest BCUT2D eigenvalue weighted by Gasteiger charge is -2.20. The SMILES string of the molecule is CCc1ccccc1OCC(C)C(O)c1ccc(C#N)cc1. The fourth-order valence-corrected chi connectivity index (χ4v) is 2.33. The molecule has 3 heteroatoms. The van der Waals surface area contributed by atoms with Crippen molar-refractivity contribution in [3.8, 4) is 11.8 Å². The third kappa shape index (κ3) is 3.87. The molecule has 2 aromatic rings. The predicted molar refractivity (Wildman–Crippen MR) is 86.6 cm³/mol. The van der Waals surface area contributed by atoms with Crippen LogP contribution in [0.4, 0.5) is 0 Å². The first kappa shape index (κ1) is 16.1.